The van der Waals surface area contributed by atoms with Crippen molar-refractivity contribution >= 4 is 29.1 Å². The van der Waals surface area contributed by atoms with Crippen LogP contribution in [-0.4, -0.2) is 29.8 Å². The number of hydrogen-bond acceptors (Lipinski definition) is 2. The summed E-state index contributed by atoms with van der Waals surface area (Å²) in [6, 6.07) is 5.47. The van der Waals surface area contributed by atoms with Crippen LogP contribution in [0.3, 0.4) is 0 Å². The Morgan fingerprint density at radius 3 is 2.48 bits per heavy atom. The lowest BCUT2D eigenvalue weighted by atomic mass is 10.2. The predicted octanol–water partition coefficient (Wildman–Crippen LogP) is 3.63. The Bertz CT molecular complexity index is 609. The maximum atomic E-state index is 12.5. The summed E-state index contributed by atoms with van der Waals surface area (Å²) < 4.78 is 0. The van der Waals surface area contributed by atoms with Crippen molar-refractivity contribution in [3.8, 4) is 0 Å². The van der Waals surface area contributed by atoms with Gasteiger partial charge >= 0.3 is 0 Å². The molecule has 0 aromatic heterocycles. The molecule has 124 valence electrons. The molecule has 0 radical (unpaired) electrons. The number of nitrogens with zero attached hydrogens (tertiary/aromatic N) is 1. The van der Waals surface area contributed by atoms with Crippen molar-refractivity contribution in [2.24, 2.45) is 11.8 Å². The molecule has 2 amide bonds. The highest BCUT2D eigenvalue weighted by Gasteiger charge is 2.49. The highest BCUT2D eigenvalue weighted by molar-refractivity contribution is 6.31. The number of likely N-dealkylation sites (tertiary alicyclic amines) is 1. The lowest BCUT2D eigenvalue weighted by Crippen LogP contribution is -2.34. The average molecular weight is 335 g/mol. The lowest BCUT2D eigenvalue weighted by Gasteiger charge is -2.20. The molecule has 2 fully saturated rings. The average Bonchev–Trinajstić information content (AvgIpc) is 3.33. The van der Waals surface area contributed by atoms with E-state index in [9.17, 15) is 9.59 Å². The van der Waals surface area contributed by atoms with E-state index in [1.54, 1.807) is 6.07 Å². The number of benzene rings is 1. The molecule has 1 aliphatic heterocycles. The van der Waals surface area contributed by atoms with E-state index in [4.69, 9.17) is 11.6 Å². The predicted molar refractivity (Wildman–Crippen MR) is 91.5 cm³/mol. The van der Waals surface area contributed by atoms with Crippen LogP contribution in [0.5, 0.6) is 0 Å². The van der Waals surface area contributed by atoms with E-state index in [0.717, 1.165) is 31.5 Å². The first-order chi connectivity index (χ1) is 11.1. The SMILES string of the molecule is Cc1ccc(NC(=O)C2CC2C(=O)N2CCCCCC2)cc1Cl. The fourth-order valence-electron chi connectivity index (χ4n) is 3.19. The summed E-state index contributed by atoms with van der Waals surface area (Å²) in [6.07, 6.45) is 5.23. The van der Waals surface area contributed by atoms with Crippen molar-refractivity contribution in [1.82, 2.24) is 4.90 Å². The van der Waals surface area contributed by atoms with Gasteiger partial charge in [-0.15, -0.1) is 0 Å². The number of rotatable bonds is 3. The molecule has 2 aliphatic rings. The third-order valence-corrected chi connectivity index (χ3v) is 5.21. The second kappa shape index (κ2) is 6.91. The number of carbonyl (C=O) groups excluding carboxylic acids is 2. The minimum absolute atomic E-state index is 0.0712. The quantitative estimate of drug-likeness (QED) is 0.917. The standard InChI is InChI=1S/C18H23ClN2O2/c1-12-6-7-13(10-16(12)19)20-17(22)14-11-15(14)18(23)21-8-4-2-3-5-9-21/h6-7,10,14-15H,2-5,8-9,11H2,1H3,(H,20,22). The van der Waals surface area contributed by atoms with Crippen LogP contribution in [0.15, 0.2) is 18.2 Å². The first kappa shape index (κ1) is 16.3. The van der Waals surface area contributed by atoms with Crippen molar-refractivity contribution < 1.29 is 9.59 Å². The molecular formula is C18H23ClN2O2. The van der Waals surface area contributed by atoms with Crippen LogP contribution < -0.4 is 5.32 Å². The number of aryl methyl sites for hydroxylation is 1. The van der Waals surface area contributed by atoms with Gasteiger partial charge in [0.15, 0.2) is 0 Å². The molecule has 23 heavy (non-hydrogen) atoms. The van der Waals surface area contributed by atoms with E-state index in [0.29, 0.717) is 17.1 Å². The van der Waals surface area contributed by atoms with Crippen LogP contribution in [0.2, 0.25) is 5.02 Å². The van der Waals surface area contributed by atoms with Crippen molar-refractivity contribution in [2.45, 2.75) is 39.0 Å². The molecule has 1 aromatic rings. The Hall–Kier alpha value is -1.55. The van der Waals surface area contributed by atoms with Gasteiger partial charge in [0.25, 0.3) is 0 Å². The van der Waals surface area contributed by atoms with E-state index in [-0.39, 0.29) is 23.7 Å². The summed E-state index contributed by atoms with van der Waals surface area (Å²) in [5, 5.41) is 3.51. The highest BCUT2D eigenvalue weighted by Crippen LogP contribution is 2.41. The minimum Gasteiger partial charge on any atom is -0.342 e. The number of halogens is 1. The molecule has 4 nitrogen and oxygen atoms in total. The monoisotopic (exact) mass is 334 g/mol. The maximum absolute atomic E-state index is 12.5. The molecule has 1 N–H and O–H groups in total. The Morgan fingerprint density at radius 1 is 1.13 bits per heavy atom. The molecule has 5 heteroatoms. The first-order valence-corrected chi connectivity index (χ1v) is 8.80. The van der Waals surface area contributed by atoms with Gasteiger partial charge in [0, 0.05) is 23.8 Å². The molecule has 0 spiro atoms. The third kappa shape index (κ3) is 3.86. The van der Waals surface area contributed by atoms with Crippen LogP contribution in [0.25, 0.3) is 0 Å². The van der Waals surface area contributed by atoms with Gasteiger partial charge in [0.1, 0.15) is 0 Å². The smallest absolute Gasteiger partial charge is 0.228 e. The van der Waals surface area contributed by atoms with Gasteiger partial charge in [-0.05, 0) is 43.9 Å². The Balaban J connectivity index is 1.55. The van der Waals surface area contributed by atoms with E-state index in [2.05, 4.69) is 5.32 Å². The lowest BCUT2D eigenvalue weighted by molar-refractivity contribution is -0.134. The molecule has 1 saturated carbocycles. The molecule has 1 heterocycles. The maximum Gasteiger partial charge on any atom is 0.228 e. The second-order valence-corrected chi connectivity index (χ2v) is 7.05. The molecule has 1 saturated heterocycles. The zero-order valence-corrected chi connectivity index (χ0v) is 14.2. The summed E-state index contributed by atoms with van der Waals surface area (Å²) >= 11 is 6.08. The van der Waals surface area contributed by atoms with Crippen LogP contribution in [0.1, 0.15) is 37.7 Å². The first-order valence-electron chi connectivity index (χ1n) is 8.42. The number of anilines is 1. The van der Waals surface area contributed by atoms with Crippen LogP contribution in [-0.2, 0) is 9.59 Å². The summed E-state index contributed by atoms with van der Waals surface area (Å²) in [5.74, 6) is -0.230. The zero-order chi connectivity index (χ0) is 16.4. The fourth-order valence-corrected chi connectivity index (χ4v) is 3.37. The molecule has 1 aliphatic carbocycles. The van der Waals surface area contributed by atoms with Gasteiger partial charge in [0.2, 0.25) is 11.8 Å². The van der Waals surface area contributed by atoms with Crippen molar-refractivity contribution in [3.05, 3.63) is 28.8 Å². The Morgan fingerprint density at radius 2 is 1.83 bits per heavy atom. The van der Waals surface area contributed by atoms with E-state index in [1.165, 1.54) is 12.8 Å². The topological polar surface area (TPSA) is 49.4 Å². The van der Waals surface area contributed by atoms with Gasteiger partial charge in [-0.2, -0.15) is 0 Å². The van der Waals surface area contributed by atoms with Gasteiger partial charge < -0.3 is 10.2 Å². The number of hydrogen-bond donors (Lipinski definition) is 1. The molecular weight excluding hydrogens is 312 g/mol. The van der Waals surface area contributed by atoms with Gasteiger partial charge in [-0.1, -0.05) is 30.5 Å². The van der Waals surface area contributed by atoms with Crippen LogP contribution in [0, 0.1) is 18.8 Å². The van der Waals surface area contributed by atoms with Crippen LogP contribution in [0.4, 0.5) is 5.69 Å². The van der Waals surface area contributed by atoms with E-state index in [1.807, 2.05) is 24.0 Å². The van der Waals surface area contributed by atoms with Crippen LogP contribution >= 0.6 is 11.6 Å². The Kier molecular flexibility index (Phi) is 4.90. The zero-order valence-electron chi connectivity index (χ0n) is 13.5. The highest BCUT2D eigenvalue weighted by atomic mass is 35.5. The van der Waals surface area contributed by atoms with Gasteiger partial charge in [-0.25, -0.2) is 0 Å². The van der Waals surface area contributed by atoms with Crippen molar-refractivity contribution in [3.63, 3.8) is 0 Å². The molecule has 2 unspecified atom stereocenters. The Labute approximate surface area is 142 Å². The second-order valence-electron chi connectivity index (χ2n) is 6.64. The molecule has 3 rings (SSSR count). The largest absolute Gasteiger partial charge is 0.342 e. The van der Waals surface area contributed by atoms with E-state index < -0.39 is 0 Å². The van der Waals surface area contributed by atoms with Crippen molar-refractivity contribution in [1.29, 1.82) is 0 Å². The summed E-state index contributed by atoms with van der Waals surface area (Å²) in [5.41, 5.74) is 1.67. The van der Waals surface area contributed by atoms with Gasteiger partial charge in [0.05, 0.1) is 11.8 Å². The summed E-state index contributed by atoms with van der Waals surface area (Å²) in [7, 11) is 0. The number of amides is 2. The van der Waals surface area contributed by atoms with Crippen molar-refractivity contribution in [2.75, 3.05) is 18.4 Å². The summed E-state index contributed by atoms with van der Waals surface area (Å²) in [6.45, 7) is 3.61. The fraction of sp³-hybridized carbons (Fsp3) is 0.556. The molecule has 1 aromatic carbocycles. The van der Waals surface area contributed by atoms with E-state index >= 15 is 0 Å². The number of nitrogens with one attached hydrogen (secondary N) is 1. The normalized spacial score (nSPS) is 24.0. The molecule has 0 bridgehead atoms. The number of carbonyl (C=O) groups is 2. The minimum atomic E-state index is -0.189. The van der Waals surface area contributed by atoms with Gasteiger partial charge in [-0.3, -0.25) is 9.59 Å². The molecule has 2 atom stereocenters. The summed E-state index contributed by atoms with van der Waals surface area (Å²) in [4.78, 5) is 26.8. The third-order valence-electron chi connectivity index (χ3n) is 4.80.